The van der Waals surface area contributed by atoms with Crippen molar-refractivity contribution in [3.05, 3.63) is 58.5 Å². The van der Waals surface area contributed by atoms with E-state index < -0.39 is 53.9 Å². The average Bonchev–Trinajstić information content (AvgIpc) is 3.89. The van der Waals surface area contributed by atoms with Crippen molar-refractivity contribution in [1.82, 2.24) is 31.9 Å². The lowest BCUT2D eigenvalue weighted by atomic mass is 9.85. The zero-order valence-corrected chi connectivity index (χ0v) is 43.0. The minimum absolute atomic E-state index is 0.0405. The van der Waals surface area contributed by atoms with Gasteiger partial charge in [0.1, 0.15) is 6.10 Å². The van der Waals surface area contributed by atoms with Crippen LogP contribution in [-0.4, -0.2) is 154 Å². The van der Waals surface area contributed by atoms with Crippen LogP contribution < -0.4 is 37.6 Å². The summed E-state index contributed by atoms with van der Waals surface area (Å²) in [4.78, 5) is 88.8. The second kappa shape index (κ2) is 30.7. The topological polar surface area (TPSA) is 284 Å². The molecule has 21 heteroatoms. The van der Waals surface area contributed by atoms with Gasteiger partial charge in [0.05, 0.1) is 62.1 Å². The van der Waals surface area contributed by atoms with Crippen LogP contribution in [0.3, 0.4) is 0 Å². The summed E-state index contributed by atoms with van der Waals surface area (Å²) in [6.07, 6.45) is 9.29. The van der Waals surface area contributed by atoms with Crippen LogP contribution in [-0.2, 0) is 47.7 Å². The molecule has 6 amide bonds. The lowest BCUT2D eigenvalue weighted by Gasteiger charge is -2.30. The standard InChI is InChI=1S/C50H77N7O13S/c1-30-25-34-43(37(58)28-35(46(34)62)55-48(63)31(2)13-12-14-38(66-5)47(70-49(51)64)33(4)27-32(3)45(61)39(26-30)67-6)54-20-22-69-24-23-68-21-19-53-42(60)16-8-7-11-18-52-41(59)17-10-9-15-40-44-36(29-71-40)56-50(65)57-44/h12-14,27-28,30,32,36,38-40,44-45,47,54,61H,7-11,15-26,29H2,1-6H3,(H2,51,64)(H,52,59)(H,53,60)(H,55,63)(H2,56,57,65)/b14-12-,31-13+,33-27+/t30-,32+,36?,38?,39+,40+,44?,45-,47+/m0/s1. The Morgan fingerprint density at radius 2 is 1.56 bits per heavy atom. The first-order valence-electron chi connectivity index (χ1n) is 24.7. The van der Waals surface area contributed by atoms with Crippen molar-refractivity contribution >= 4 is 53.2 Å². The van der Waals surface area contributed by atoms with E-state index in [2.05, 4.69) is 31.9 Å². The third-order valence-corrected chi connectivity index (χ3v) is 14.3. The van der Waals surface area contributed by atoms with Crippen LogP contribution in [0.15, 0.2) is 58.5 Å². The highest BCUT2D eigenvalue weighted by atomic mass is 32.2. The van der Waals surface area contributed by atoms with Crippen LogP contribution in [0.5, 0.6) is 0 Å². The molecule has 396 valence electrons. The van der Waals surface area contributed by atoms with E-state index in [0.29, 0.717) is 56.2 Å². The summed E-state index contributed by atoms with van der Waals surface area (Å²) in [5.41, 5.74) is 6.25. The fourth-order valence-electron chi connectivity index (χ4n) is 8.88. The van der Waals surface area contributed by atoms with E-state index in [9.17, 15) is 38.7 Å². The van der Waals surface area contributed by atoms with Crippen molar-refractivity contribution in [2.24, 2.45) is 17.6 Å². The number of Topliss-reactive ketones (excluding diaryl/α,β-unsaturated/α-hetero) is 1. The molecule has 2 fully saturated rings. The molecular formula is C50H77N7O13S. The van der Waals surface area contributed by atoms with E-state index in [1.165, 1.54) is 33.3 Å². The lowest BCUT2D eigenvalue weighted by molar-refractivity contribution is -0.122. The molecule has 1 aliphatic carbocycles. The predicted molar refractivity (Wildman–Crippen MR) is 268 cm³/mol. The molecule has 4 aliphatic rings. The molecule has 9 N–H and O–H groups in total. The zero-order valence-electron chi connectivity index (χ0n) is 42.1. The summed E-state index contributed by atoms with van der Waals surface area (Å²) >= 11 is 1.88. The summed E-state index contributed by atoms with van der Waals surface area (Å²) in [6.45, 7) is 9.04. The number of carbonyl (C=O) groups is 7. The van der Waals surface area contributed by atoms with Gasteiger partial charge in [0.2, 0.25) is 23.4 Å². The lowest BCUT2D eigenvalue weighted by Crippen LogP contribution is -2.38. The van der Waals surface area contributed by atoms with Crippen LogP contribution in [0.25, 0.3) is 0 Å². The molecule has 3 aliphatic heterocycles. The summed E-state index contributed by atoms with van der Waals surface area (Å²) in [5.74, 6) is -1.52. The number of fused-ring (bicyclic) bond motifs is 3. The quantitative estimate of drug-likeness (QED) is 0.0299. The number of thioether (sulfide) groups is 1. The van der Waals surface area contributed by atoms with Crippen molar-refractivity contribution in [3.8, 4) is 0 Å². The number of hydrogen-bond donors (Lipinski definition) is 8. The van der Waals surface area contributed by atoms with Gasteiger partial charge in [0.25, 0.3) is 5.91 Å². The van der Waals surface area contributed by atoms with Gasteiger partial charge in [-0.25, -0.2) is 9.59 Å². The number of urea groups is 1. The number of unbranched alkanes of at least 4 members (excludes halogenated alkanes) is 3. The van der Waals surface area contributed by atoms with E-state index >= 15 is 0 Å². The van der Waals surface area contributed by atoms with E-state index in [4.69, 9.17) is 29.4 Å². The Bertz CT molecular complexity index is 2010. The molecule has 3 unspecified atom stereocenters. The van der Waals surface area contributed by atoms with Gasteiger partial charge >= 0.3 is 12.1 Å². The fourth-order valence-corrected chi connectivity index (χ4v) is 10.4. The fraction of sp³-hybridized carbons (Fsp3) is 0.660. The van der Waals surface area contributed by atoms with Crippen LogP contribution in [0.1, 0.15) is 91.9 Å². The number of nitrogens with two attached hydrogens (primary N) is 1. The number of ether oxygens (including phenoxy) is 5. The molecule has 0 aromatic heterocycles. The number of amides is 6. The SMILES string of the molecule is COC1/C=C\C=C(/C)C(=O)NC2=CC(=O)C(NCCOCCOCCNC(=O)CCCCCNC(=O)CCCC[C@H]3SCC4NC(=O)NC43)=C(C[C@H](C)C[C@@H](OC)[C@@H](O)[C@H](C)/C=C(\C)[C@H]1OC(N)=O)C2=O. The van der Waals surface area contributed by atoms with Crippen LogP contribution in [0, 0.1) is 11.8 Å². The molecule has 2 saturated heterocycles. The third-order valence-electron chi connectivity index (χ3n) is 12.8. The maximum atomic E-state index is 14.0. The Morgan fingerprint density at radius 1 is 0.873 bits per heavy atom. The Hall–Kier alpha value is -5.06. The molecule has 0 aromatic rings. The first kappa shape index (κ1) is 58.5. The molecular weight excluding hydrogens is 939 g/mol. The summed E-state index contributed by atoms with van der Waals surface area (Å²) in [6, 6.07) is 0.317. The Balaban J connectivity index is 1.16. The highest BCUT2D eigenvalue weighted by molar-refractivity contribution is 8.00. The van der Waals surface area contributed by atoms with Gasteiger partial charge in [-0.2, -0.15) is 11.8 Å². The summed E-state index contributed by atoms with van der Waals surface area (Å²) in [5, 5.41) is 29.3. The van der Waals surface area contributed by atoms with Gasteiger partial charge in [-0.05, 0) is 63.9 Å². The number of primary amides is 1. The molecule has 71 heavy (non-hydrogen) atoms. The van der Waals surface area contributed by atoms with E-state index in [1.54, 1.807) is 26.0 Å². The first-order chi connectivity index (χ1) is 34.0. The molecule has 3 heterocycles. The van der Waals surface area contributed by atoms with Crippen molar-refractivity contribution in [3.63, 3.8) is 0 Å². The molecule has 0 saturated carbocycles. The maximum Gasteiger partial charge on any atom is 0.405 e. The van der Waals surface area contributed by atoms with Gasteiger partial charge in [-0.3, -0.25) is 24.0 Å². The van der Waals surface area contributed by atoms with Gasteiger partial charge < -0.3 is 66.4 Å². The van der Waals surface area contributed by atoms with Crippen molar-refractivity contribution < 1.29 is 62.4 Å². The smallest absolute Gasteiger partial charge is 0.405 e. The minimum Gasteiger partial charge on any atom is -0.439 e. The predicted octanol–water partition coefficient (Wildman–Crippen LogP) is 2.90. The zero-order chi connectivity index (χ0) is 51.9. The number of methoxy groups -OCH3 is 2. The summed E-state index contributed by atoms with van der Waals surface area (Å²) in [7, 11) is 2.90. The third kappa shape index (κ3) is 19.5. The summed E-state index contributed by atoms with van der Waals surface area (Å²) < 4.78 is 28.1. The van der Waals surface area contributed by atoms with Crippen LogP contribution in [0.2, 0.25) is 0 Å². The molecule has 9 atom stereocenters. The highest BCUT2D eigenvalue weighted by Gasteiger charge is 2.42. The molecule has 0 radical (unpaired) electrons. The normalized spacial score (nSPS) is 28.3. The number of rotatable bonds is 24. The molecule has 0 spiro atoms. The van der Waals surface area contributed by atoms with Gasteiger partial charge in [0, 0.05) is 80.8 Å². The molecule has 4 rings (SSSR count). The molecule has 2 bridgehead atoms. The van der Waals surface area contributed by atoms with E-state index in [1.807, 2.05) is 18.7 Å². The van der Waals surface area contributed by atoms with Crippen LogP contribution in [0.4, 0.5) is 9.59 Å². The Labute approximate surface area is 421 Å². The van der Waals surface area contributed by atoms with Crippen molar-refractivity contribution in [2.45, 2.75) is 134 Å². The highest BCUT2D eigenvalue weighted by Crippen LogP contribution is 2.33. The maximum absolute atomic E-state index is 14.0. The largest absolute Gasteiger partial charge is 0.439 e. The first-order valence-corrected chi connectivity index (χ1v) is 25.8. The number of allylic oxidation sites excluding steroid dienone is 4. The van der Waals surface area contributed by atoms with Gasteiger partial charge in [-0.1, -0.05) is 51.0 Å². The number of hydrogen-bond acceptors (Lipinski definition) is 15. The van der Waals surface area contributed by atoms with Crippen molar-refractivity contribution in [2.75, 3.05) is 66.0 Å². The van der Waals surface area contributed by atoms with Crippen LogP contribution >= 0.6 is 11.8 Å². The monoisotopic (exact) mass is 1020 g/mol. The molecule has 0 aromatic carbocycles. The van der Waals surface area contributed by atoms with E-state index in [0.717, 1.165) is 43.9 Å². The Morgan fingerprint density at radius 3 is 2.25 bits per heavy atom. The number of aliphatic hydroxyl groups excluding tert-OH is 1. The average molecular weight is 1020 g/mol. The number of carbonyl (C=O) groups excluding carboxylic acids is 7. The Kier molecular flexibility index (Phi) is 25.3. The number of aliphatic hydroxyl groups is 1. The van der Waals surface area contributed by atoms with Gasteiger partial charge in [0.15, 0.2) is 6.10 Å². The minimum atomic E-state index is -1.02. The van der Waals surface area contributed by atoms with Crippen molar-refractivity contribution in [1.29, 1.82) is 0 Å². The second-order valence-corrected chi connectivity index (χ2v) is 19.7. The van der Waals surface area contributed by atoms with Gasteiger partial charge in [-0.15, -0.1) is 0 Å². The number of nitrogens with one attached hydrogen (secondary N) is 6. The van der Waals surface area contributed by atoms with E-state index in [-0.39, 0.29) is 91.2 Å². The second-order valence-electron chi connectivity index (χ2n) is 18.5. The molecule has 20 nitrogen and oxygen atoms in total. The number of ketones is 2.